The fraction of sp³-hybridized carbons (Fsp3) is 0.250. The third kappa shape index (κ3) is 2.11. The Kier molecular flexibility index (Phi) is 2.31. The molecule has 0 heterocycles. The Hall–Kier alpha value is -1.25. The van der Waals surface area contributed by atoms with Crippen molar-refractivity contribution in [2.45, 2.75) is 6.92 Å². The molecule has 0 spiro atoms. The maximum Gasteiger partial charge on any atom is 0.128 e. The molecule has 0 unspecified atom stereocenters. The minimum Gasteiger partial charge on any atom is -0.494 e. The van der Waals surface area contributed by atoms with Crippen molar-refractivity contribution in [3.63, 3.8) is 0 Å². The predicted molar refractivity (Wildman–Crippen MR) is 42.0 cm³/mol. The van der Waals surface area contributed by atoms with Gasteiger partial charge in [-0.2, -0.15) is 0 Å². The lowest BCUT2D eigenvalue weighted by atomic mass is 10.3. The first kappa shape index (κ1) is 7.85. The van der Waals surface area contributed by atoms with E-state index in [-0.39, 0.29) is 5.82 Å². The number of nitrogen functional groups attached to an aromatic ring is 1. The van der Waals surface area contributed by atoms with Crippen LogP contribution in [0.3, 0.4) is 0 Å². The largest absolute Gasteiger partial charge is 0.494 e. The van der Waals surface area contributed by atoms with Crippen molar-refractivity contribution in [2.24, 2.45) is 0 Å². The van der Waals surface area contributed by atoms with Crippen LogP contribution in [-0.2, 0) is 0 Å². The van der Waals surface area contributed by atoms with Gasteiger partial charge in [-0.25, -0.2) is 4.39 Å². The molecule has 0 aliphatic heterocycles. The standard InChI is InChI=1S/C8H10FNO/c1-2-11-8-4-6(9)3-7(10)5-8/h3-5H,2,10H2,1H3. The lowest BCUT2D eigenvalue weighted by molar-refractivity contribution is 0.338. The van der Waals surface area contributed by atoms with Gasteiger partial charge in [-0.15, -0.1) is 0 Å². The maximum atomic E-state index is 12.6. The van der Waals surface area contributed by atoms with Crippen molar-refractivity contribution in [1.82, 2.24) is 0 Å². The number of rotatable bonds is 2. The maximum absolute atomic E-state index is 12.6. The number of benzene rings is 1. The van der Waals surface area contributed by atoms with Gasteiger partial charge in [-0.3, -0.25) is 0 Å². The summed E-state index contributed by atoms with van der Waals surface area (Å²) in [6.45, 7) is 2.35. The quantitative estimate of drug-likeness (QED) is 0.661. The minimum atomic E-state index is -0.367. The highest BCUT2D eigenvalue weighted by atomic mass is 19.1. The van der Waals surface area contributed by atoms with Gasteiger partial charge in [0.25, 0.3) is 0 Å². The first-order chi connectivity index (χ1) is 5.22. The summed E-state index contributed by atoms with van der Waals surface area (Å²) in [4.78, 5) is 0. The average molecular weight is 155 g/mol. The lowest BCUT2D eigenvalue weighted by Crippen LogP contribution is -1.94. The molecule has 0 aromatic heterocycles. The number of halogens is 1. The molecule has 0 atom stereocenters. The van der Waals surface area contributed by atoms with E-state index >= 15 is 0 Å². The van der Waals surface area contributed by atoms with Crippen molar-refractivity contribution in [2.75, 3.05) is 12.3 Å². The van der Waals surface area contributed by atoms with Crippen LogP contribution in [0.2, 0.25) is 0 Å². The average Bonchev–Trinajstić information content (AvgIpc) is 1.85. The van der Waals surface area contributed by atoms with Crippen LogP contribution >= 0.6 is 0 Å². The van der Waals surface area contributed by atoms with Gasteiger partial charge in [-0.1, -0.05) is 0 Å². The van der Waals surface area contributed by atoms with Crippen molar-refractivity contribution in [1.29, 1.82) is 0 Å². The molecule has 1 aromatic rings. The second-order valence-corrected chi connectivity index (χ2v) is 2.15. The number of anilines is 1. The van der Waals surface area contributed by atoms with Crippen LogP contribution in [0.15, 0.2) is 18.2 Å². The van der Waals surface area contributed by atoms with E-state index < -0.39 is 0 Å². The second-order valence-electron chi connectivity index (χ2n) is 2.15. The van der Waals surface area contributed by atoms with Crippen LogP contribution in [0.1, 0.15) is 6.92 Å². The minimum absolute atomic E-state index is 0.367. The van der Waals surface area contributed by atoms with E-state index in [4.69, 9.17) is 10.5 Å². The summed E-state index contributed by atoms with van der Waals surface area (Å²) in [5.74, 6) is 0.110. The summed E-state index contributed by atoms with van der Waals surface area (Å²) in [6, 6.07) is 4.15. The molecular weight excluding hydrogens is 145 g/mol. The number of ether oxygens (including phenoxy) is 1. The van der Waals surface area contributed by atoms with Gasteiger partial charge in [0.1, 0.15) is 11.6 Å². The van der Waals surface area contributed by atoms with Gasteiger partial charge in [-0.05, 0) is 13.0 Å². The zero-order chi connectivity index (χ0) is 8.27. The van der Waals surface area contributed by atoms with E-state index in [0.29, 0.717) is 18.0 Å². The molecular formula is C8H10FNO. The van der Waals surface area contributed by atoms with Crippen LogP contribution < -0.4 is 10.5 Å². The molecule has 0 bridgehead atoms. The molecule has 0 saturated heterocycles. The Morgan fingerprint density at radius 3 is 2.73 bits per heavy atom. The number of hydrogen-bond donors (Lipinski definition) is 1. The van der Waals surface area contributed by atoms with Crippen LogP contribution in [-0.4, -0.2) is 6.61 Å². The van der Waals surface area contributed by atoms with Gasteiger partial charge >= 0.3 is 0 Å². The first-order valence-corrected chi connectivity index (χ1v) is 3.41. The van der Waals surface area contributed by atoms with Gasteiger partial charge in [0.15, 0.2) is 0 Å². The molecule has 2 nitrogen and oxygen atoms in total. The van der Waals surface area contributed by atoms with Gasteiger partial charge < -0.3 is 10.5 Å². The van der Waals surface area contributed by atoms with Gasteiger partial charge in [0.05, 0.1) is 6.61 Å². The predicted octanol–water partition coefficient (Wildman–Crippen LogP) is 1.81. The Bertz CT molecular complexity index is 230. The summed E-state index contributed by atoms with van der Waals surface area (Å²) in [5, 5.41) is 0. The molecule has 0 radical (unpaired) electrons. The lowest BCUT2D eigenvalue weighted by Gasteiger charge is -2.03. The van der Waals surface area contributed by atoms with Crippen LogP contribution in [0.5, 0.6) is 5.75 Å². The molecule has 2 N–H and O–H groups in total. The SMILES string of the molecule is CCOc1cc(N)cc(F)c1. The van der Waals surface area contributed by atoms with Gasteiger partial charge in [0, 0.05) is 17.8 Å². The molecule has 3 heteroatoms. The zero-order valence-corrected chi connectivity index (χ0v) is 6.30. The molecule has 0 fully saturated rings. The van der Waals surface area contributed by atoms with Crippen molar-refractivity contribution in [3.8, 4) is 5.75 Å². The molecule has 1 rings (SSSR count). The summed E-state index contributed by atoms with van der Waals surface area (Å²) < 4.78 is 17.6. The van der Waals surface area contributed by atoms with Crippen LogP contribution in [0.25, 0.3) is 0 Å². The molecule has 0 aliphatic carbocycles. The molecule has 1 aromatic carbocycles. The third-order valence-corrected chi connectivity index (χ3v) is 1.20. The topological polar surface area (TPSA) is 35.2 Å². The van der Waals surface area contributed by atoms with E-state index in [2.05, 4.69) is 0 Å². The Balaban J connectivity index is 2.89. The monoisotopic (exact) mass is 155 g/mol. The van der Waals surface area contributed by atoms with Crippen molar-refractivity contribution >= 4 is 5.69 Å². The zero-order valence-electron chi connectivity index (χ0n) is 6.30. The Morgan fingerprint density at radius 2 is 2.18 bits per heavy atom. The van der Waals surface area contributed by atoms with Crippen LogP contribution in [0, 0.1) is 5.82 Å². The first-order valence-electron chi connectivity index (χ1n) is 3.41. The number of nitrogens with two attached hydrogens (primary N) is 1. The highest BCUT2D eigenvalue weighted by molar-refractivity contribution is 5.44. The van der Waals surface area contributed by atoms with Crippen LogP contribution in [0.4, 0.5) is 10.1 Å². The summed E-state index contributed by atoms with van der Waals surface area (Å²) in [7, 11) is 0. The summed E-state index contributed by atoms with van der Waals surface area (Å²) in [5.41, 5.74) is 5.75. The smallest absolute Gasteiger partial charge is 0.128 e. The third-order valence-electron chi connectivity index (χ3n) is 1.20. The van der Waals surface area contributed by atoms with Crippen molar-refractivity contribution < 1.29 is 9.13 Å². The Labute approximate surface area is 64.8 Å². The molecule has 0 aliphatic rings. The summed E-state index contributed by atoms with van der Waals surface area (Å²) >= 11 is 0. The fourth-order valence-electron chi connectivity index (χ4n) is 0.834. The molecule has 0 amide bonds. The van der Waals surface area contributed by atoms with E-state index in [1.54, 1.807) is 6.07 Å². The highest BCUT2D eigenvalue weighted by Crippen LogP contribution is 2.17. The molecule has 11 heavy (non-hydrogen) atoms. The van der Waals surface area contributed by atoms with Gasteiger partial charge in [0.2, 0.25) is 0 Å². The van der Waals surface area contributed by atoms with Crippen molar-refractivity contribution in [3.05, 3.63) is 24.0 Å². The highest BCUT2D eigenvalue weighted by Gasteiger charge is 1.97. The van der Waals surface area contributed by atoms with E-state index in [9.17, 15) is 4.39 Å². The summed E-state index contributed by atoms with van der Waals surface area (Å²) in [6.07, 6.45) is 0. The molecule has 60 valence electrons. The van der Waals surface area contributed by atoms with E-state index in [0.717, 1.165) is 0 Å². The normalized spacial score (nSPS) is 9.64. The Morgan fingerprint density at radius 1 is 1.45 bits per heavy atom. The fourth-order valence-corrected chi connectivity index (χ4v) is 0.834. The molecule has 0 saturated carbocycles. The van der Waals surface area contributed by atoms with E-state index in [1.807, 2.05) is 6.92 Å². The van der Waals surface area contributed by atoms with E-state index in [1.165, 1.54) is 12.1 Å². The second kappa shape index (κ2) is 3.23. The number of hydrogen-bond acceptors (Lipinski definition) is 2.